The third-order valence-electron chi connectivity index (χ3n) is 1.79. The molecule has 15 heavy (non-hydrogen) atoms. The van der Waals surface area contributed by atoms with Gasteiger partial charge in [-0.3, -0.25) is 4.79 Å². The predicted molar refractivity (Wildman–Crippen MR) is 54.9 cm³/mol. The van der Waals surface area contributed by atoms with E-state index in [1.807, 2.05) is 11.5 Å². The Morgan fingerprint density at radius 1 is 1.40 bits per heavy atom. The number of carbonyl (C=O) groups excluding carboxylic acids is 2. The molecule has 0 aromatic heterocycles. The van der Waals surface area contributed by atoms with Gasteiger partial charge in [0.25, 0.3) is 5.91 Å². The van der Waals surface area contributed by atoms with Crippen molar-refractivity contribution >= 4 is 11.9 Å². The third-order valence-corrected chi connectivity index (χ3v) is 1.79. The first-order valence-electron chi connectivity index (χ1n) is 4.34. The van der Waals surface area contributed by atoms with E-state index < -0.39 is 11.9 Å². The minimum atomic E-state index is -0.594. The summed E-state index contributed by atoms with van der Waals surface area (Å²) in [6, 6.07) is 6.94. The van der Waals surface area contributed by atoms with Crippen LogP contribution in [0.3, 0.4) is 0 Å². The summed E-state index contributed by atoms with van der Waals surface area (Å²) in [6.07, 6.45) is 1.02. The van der Waals surface area contributed by atoms with Crippen molar-refractivity contribution in [3.05, 3.63) is 48.0 Å². The summed E-state index contributed by atoms with van der Waals surface area (Å²) in [6.45, 7) is 5.01. The third kappa shape index (κ3) is 2.95. The Balaban J connectivity index is 2.66. The van der Waals surface area contributed by atoms with Gasteiger partial charge >= 0.3 is 5.97 Å². The van der Waals surface area contributed by atoms with Crippen LogP contribution < -0.4 is 5.48 Å². The number of aryl methyl sites for hydroxylation is 1. The molecule has 1 aromatic rings. The van der Waals surface area contributed by atoms with E-state index in [4.69, 9.17) is 0 Å². The molecule has 4 heteroatoms. The zero-order valence-electron chi connectivity index (χ0n) is 8.32. The van der Waals surface area contributed by atoms with E-state index in [9.17, 15) is 9.59 Å². The maximum atomic E-state index is 11.4. The summed E-state index contributed by atoms with van der Waals surface area (Å²) in [7, 11) is 0. The molecule has 4 nitrogen and oxygen atoms in total. The summed E-state index contributed by atoms with van der Waals surface area (Å²) < 4.78 is 0. The minimum absolute atomic E-state index is 0.418. The van der Waals surface area contributed by atoms with Crippen molar-refractivity contribution in [2.75, 3.05) is 0 Å². The smallest absolute Gasteiger partial charge is 0.335 e. The summed E-state index contributed by atoms with van der Waals surface area (Å²) >= 11 is 0. The number of nitrogens with one attached hydrogen (secondary N) is 1. The molecular formula is C11H11NO3. The average molecular weight is 205 g/mol. The first-order chi connectivity index (χ1) is 7.15. The highest BCUT2D eigenvalue weighted by Gasteiger charge is 2.10. The fraction of sp³-hybridized carbons (Fsp3) is 0.0909. The molecular weight excluding hydrogens is 194 g/mol. The van der Waals surface area contributed by atoms with Gasteiger partial charge in [-0.2, -0.15) is 5.48 Å². The number of hydrogen-bond acceptors (Lipinski definition) is 3. The molecule has 1 rings (SSSR count). The Morgan fingerprint density at radius 2 is 2.07 bits per heavy atom. The molecule has 0 atom stereocenters. The molecule has 0 aliphatic carbocycles. The molecule has 0 heterocycles. The first-order valence-corrected chi connectivity index (χ1v) is 4.34. The van der Waals surface area contributed by atoms with Crippen molar-refractivity contribution in [1.82, 2.24) is 5.48 Å². The molecule has 1 aromatic carbocycles. The monoisotopic (exact) mass is 205 g/mol. The molecule has 0 bridgehead atoms. The second-order valence-corrected chi connectivity index (χ2v) is 2.87. The number of hydrogen-bond donors (Lipinski definition) is 1. The first kappa shape index (κ1) is 11.0. The Hall–Kier alpha value is -2.10. The lowest BCUT2D eigenvalue weighted by molar-refractivity contribution is -0.125. The molecule has 0 aliphatic heterocycles. The van der Waals surface area contributed by atoms with E-state index in [0.717, 1.165) is 11.6 Å². The second-order valence-electron chi connectivity index (χ2n) is 2.87. The van der Waals surface area contributed by atoms with E-state index in [1.165, 1.54) is 0 Å². The van der Waals surface area contributed by atoms with Crippen LogP contribution in [0.5, 0.6) is 0 Å². The topological polar surface area (TPSA) is 55.4 Å². The molecule has 0 saturated carbocycles. The standard InChI is InChI=1S/C11H11NO3/c1-3-10(13)12-15-11(14)9-7-5-4-6-8(9)2/h3-7H,1H2,2H3,(H,12,13). The zero-order valence-corrected chi connectivity index (χ0v) is 8.32. The molecule has 0 aliphatic rings. The minimum Gasteiger partial charge on any atom is -0.335 e. The number of carbonyl (C=O) groups is 2. The van der Waals surface area contributed by atoms with Crippen LogP contribution in [0, 0.1) is 6.92 Å². The highest BCUT2D eigenvalue weighted by Crippen LogP contribution is 2.07. The molecule has 0 saturated heterocycles. The average Bonchev–Trinajstić information content (AvgIpc) is 2.26. The van der Waals surface area contributed by atoms with Crippen molar-refractivity contribution in [2.24, 2.45) is 0 Å². The summed E-state index contributed by atoms with van der Waals surface area (Å²) in [5, 5.41) is 0. The predicted octanol–water partition coefficient (Wildman–Crippen LogP) is 1.37. The van der Waals surface area contributed by atoms with E-state index in [2.05, 4.69) is 11.4 Å². The zero-order chi connectivity index (χ0) is 11.3. The SMILES string of the molecule is C=CC(=O)NOC(=O)c1ccccc1C. The number of amides is 1. The van der Waals surface area contributed by atoms with E-state index in [1.54, 1.807) is 25.1 Å². The lowest BCUT2D eigenvalue weighted by Crippen LogP contribution is -2.25. The highest BCUT2D eigenvalue weighted by atomic mass is 16.7. The van der Waals surface area contributed by atoms with Crippen LogP contribution in [0.2, 0.25) is 0 Å². The molecule has 0 radical (unpaired) electrons. The lowest BCUT2D eigenvalue weighted by atomic mass is 10.1. The summed E-state index contributed by atoms with van der Waals surface area (Å²) in [5.41, 5.74) is 3.16. The van der Waals surface area contributed by atoms with Crippen LogP contribution in [0.4, 0.5) is 0 Å². The van der Waals surface area contributed by atoms with Crippen molar-refractivity contribution in [3.63, 3.8) is 0 Å². The van der Waals surface area contributed by atoms with E-state index in [-0.39, 0.29) is 0 Å². The van der Waals surface area contributed by atoms with Crippen LogP contribution in [0.1, 0.15) is 15.9 Å². The molecule has 1 amide bonds. The van der Waals surface area contributed by atoms with Crippen LogP contribution in [-0.4, -0.2) is 11.9 Å². The maximum absolute atomic E-state index is 11.4. The molecule has 0 spiro atoms. The van der Waals surface area contributed by atoms with Gasteiger partial charge in [-0.1, -0.05) is 24.8 Å². The maximum Gasteiger partial charge on any atom is 0.363 e. The van der Waals surface area contributed by atoms with Gasteiger partial charge in [-0.25, -0.2) is 4.79 Å². The fourth-order valence-corrected chi connectivity index (χ4v) is 0.995. The van der Waals surface area contributed by atoms with Crippen molar-refractivity contribution in [3.8, 4) is 0 Å². The fourth-order valence-electron chi connectivity index (χ4n) is 0.995. The Bertz CT molecular complexity index is 399. The Morgan fingerprint density at radius 3 is 2.67 bits per heavy atom. The van der Waals surface area contributed by atoms with Gasteiger partial charge in [-0.15, -0.1) is 0 Å². The normalized spacial score (nSPS) is 9.13. The molecule has 0 fully saturated rings. The second kappa shape index (κ2) is 4.95. The molecule has 1 N–H and O–H groups in total. The van der Waals surface area contributed by atoms with Gasteiger partial charge in [0, 0.05) is 0 Å². The Kier molecular flexibility index (Phi) is 3.62. The van der Waals surface area contributed by atoms with E-state index >= 15 is 0 Å². The van der Waals surface area contributed by atoms with Gasteiger partial charge in [0.05, 0.1) is 5.56 Å². The van der Waals surface area contributed by atoms with Gasteiger partial charge in [-0.05, 0) is 24.6 Å². The number of benzene rings is 1. The van der Waals surface area contributed by atoms with Crippen molar-refractivity contribution in [2.45, 2.75) is 6.92 Å². The van der Waals surface area contributed by atoms with Crippen molar-refractivity contribution in [1.29, 1.82) is 0 Å². The van der Waals surface area contributed by atoms with Gasteiger partial charge in [0.2, 0.25) is 0 Å². The number of rotatable bonds is 2. The van der Waals surface area contributed by atoms with Crippen LogP contribution in [0.25, 0.3) is 0 Å². The van der Waals surface area contributed by atoms with Crippen LogP contribution in [-0.2, 0) is 9.63 Å². The van der Waals surface area contributed by atoms with E-state index in [0.29, 0.717) is 5.56 Å². The highest BCUT2D eigenvalue weighted by molar-refractivity contribution is 5.93. The van der Waals surface area contributed by atoms with Crippen LogP contribution >= 0.6 is 0 Å². The largest absolute Gasteiger partial charge is 0.363 e. The van der Waals surface area contributed by atoms with Crippen LogP contribution in [0.15, 0.2) is 36.9 Å². The summed E-state index contributed by atoms with van der Waals surface area (Å²) in [4.78, 5) is 26.7. The summed E-state index contributed by atoms with van der Waals surface area (Å²) in [5.74, 6) is -1.15. The van der Waals surface area contributed by atoms with Gasteiger partial charge < -0.3 is 4.84 Å². The molecule has 78 valence electrons. The number of hydroxylamine groups is 1. The van der Waals surface area contributed by atoms with Gasteiger partial charge in [0.15, 0.2) is 0 Å². The quantitative estimate of drug-likeness (QED) is 0.586. The van der Waals surface area contributed by atoms with Gasteiger partial charge in [0.1, 0.15) is 0 Å². The Labute approximate surface area is 87.5 Å². The van der Waals surface area contributed by atoms with Crippen molar-refractivity contribution < 1.29 is 14.4 Å². The molecule has 0 unspecified atom stereocenters. The lowest BCUT2D eigenvalue weighted by Gasteiger charge is -2.05.